The number of hydrogen-bond donors (Lipinski definition) is 0. The Morgan fingerprint density at radius 3 is 1.86 bits per heavy atom. The number of alkyl halides is 2. The fourth-order valence-corrected chi connectivity index (χ4v) is 11.1. The highest BCUT2D eigenvalue weighted by molar-refractivity contribution is 7.86. The minimum absolute atomic E-state index is 0.164. The Kier molecular flexibility index (Phi) is 7.59. The number of esters is 1. The third-order valence-corrected chi connectivity index (χ3v) is 13.3. The van der Waals surface area contributed by atoms with Crippen molar-refractivity contribution >= 4 is 35.5 Å². The summed E-state index contributed by atoms with van der Waals surface area (Å²) in [6, 6.07) is 27.5. The van der Waals surface area contributed by atoms with E-state index in [1.807, 2.05) is 60.7 Å². The molecule has 1 fully saturated rings. The third-order valence-electron chi connectivity index (χ3n) is 6.55. The maximum Gasteiger partial charge on any atom is 0.338 e. The normalized spacial score (nSPS) is 21.8. The maximum atomic E-state index is 15.0. The van der Waals surface area contributed by atoms with Gasteiger partial charge in [-0.25, -0.2) is 13.6 Å². The standard InChI is InChI=1S/C28H30F2O4SSi/c1-27(2,3)36(22-15-9-5-10-16-22,23-17-11-6-12-18-23)33-19-24-25(28(29,30)20-35(24)32)34-26(31)21-13-7-4-8-14-21/h4-18,24-25H,19-20H2,1-3H3/t24-,25-,35?/m1/s1. The van der Waals surface area contributed by atoms with Crippen LogP contribution in [0.25, 0.3) is 0 Å². The molecule has 0 aromatic heterocycles. The summed E-state index contributed by atoms with van der Waals surface area (Å²) in [6.45, 7) is 6.01. The predicted molar refractivity (Wildman–Crippen MR) is 141 cm³/mol. The Morgan fingerprint density at radius 1 is 0.917 bits per heavy atom. The molecule has 1 unspecified atom stereocenters. The minimum atomic E-state index is -3.42. The van der Waals surface area contributed by atoms with Crippen LogP contribution < -0.4 is 10.4 Å². The highest BCUT2D eigenvalue weighted by Crippen LogP contribution is 2.40. The number of carbonyl (C=O) groups is 1. The molecule has 0 radical (unpaired) electrons. The molecule has 0 spiro atoms. The molecule has 0 bridgehead atoms. The molecule has 36 heavy (non-hydrogen) atoms. The number of ether oxygens (including phenoxy) is 1. The minimum Gasteiger partial charge on any atom is -0.451 e. The van der Waals surface area contributed by atoms with E-state index in [0.717, 1.165) is 10.4 Å². The fraction of sp³-hybridized carbons (Fsp3) is 0.321. The van der Waals surface area contributed by atoms with Crippen molar-refractivity contribution in [2.24, 2.45) is 0 Å². The number of hydrogen-bond acceptors (Lipinski definition) is 4. The van der Waals surface area contributed by atoms with Gasteiger partial charge in [0.2, 0.25) is 0 Å². The average molecular weight is 529 g/mol. The topological polar surface area (TPSA) is 52.6 Å². The first-order valence-electron chi connectivity index (χ1n) is 11.8. The molecular formula is C28H30F2O4SSi. The van der Waals surface area contributed by atoms with Gasteiger partial charge in [0.1, 0.15) is 5.25 Å². The summed E-state index contributed by atoms with van der Waals surface area (Å²) in [6.07, 6.45) is -1.84. The zero-order valence-electron chi connectivity index (χ0n) is 20.5. The van der Waals surface area contributed by atoms with E-state index in [4.69, 9.17) is 9.16 Å². The first-order valence-corrected chi connectivity index (χ1v) is 15.1. The average Bonchev–Trinajstić information content (AvgIpc) is 3.07. The second-order valence-electron chi connectivity index (χ2n) is 9.99. The summed E-state index contributed by atoms with van der Waals surface area (Å²) >= 11 is 0. The molecule has 1 aliphatic heterocycles. The van der Waals surface area contributed by atoms with Crippen molar-refractivity contribution in [3.63, 3.8) is 0 Å². The van der Waals surface area contributed by atoms with E-state index in [0.29, 0.717) is 0 Å². The van der Waals surface area contributed by atoms with Crippen LogP contribution in [-0.2, 0) is 20.0 Å². The van der Waals surface area contributed by atoms with Crippen LogP contribution in [0.4, 0.5) is 8.78 Å². The van der Waals surface area contributed by atoms with Crippen molar-refractivity contribution in [1.29, 1.82) is 0 Å². The number of rotatable bonds is 7. The van der Waals surface area contributed by atoms with Crippen molar-refractivity contribution in [2.75, 3.05) is 12.4 Å². The number of halogens is 2. The van der Waals surface area contributed by atoms with Crippen LogP contribution in [0.15, 0.2) is 91.0 Å². The van der Waals surface area contributed by atoms with E-state index in [-0.39, 0.29) is 17.2 Å². The van der Waals surface area contributed by atoms with Gasteiger partial charge >= 0.3 is 5.97 Å². The van der Waals surface area contributed by atoms with Crippen molar-refractivity contribution in [1.82, 2.24) is 0 Å². The first-order chi connectivity index (χ1) is 17.1. The Morgan fingerprint density at radius 2 is 1.39 bits per heavy atom. The van der Waals surface area contributed by atoms with Crippen LogP contribution in [-0.4, -0.2) is 48.1 Å². The monoisotopic (exact) mass is 528 g/mol. The molecule has 8 heteroatoms. The molecule has 0 aliphatic carbocycles. The van der Waals surface area contributed by atoms with Gasteiger partial charge in [0.25, 0.3) is 14.2 Å². The quantitative estimate of drug-likeness (QED) is 0.333. The molecule has 1 saturated heterocycles. The van der Waals surface area contributed by atoms with Crippen LogP contribution in [0.1, 0.15) is 31.1 Å². The largest absolute Gasteiger partial charge is 0.451 e. The van der Waals surface area contributed by atoms with Crippen molar-refractivity contribution in [3.8, 4) is 0 Å². The lowest BCUT2D eigenvalue weighted by Gasteiger charge is -2.43. The van der Waals surface area contributed by atoms with Gasteiger partial charge < -0.3 is 9.16 Å². The van der Waals surface area contributed by atoms with Gasteiger partial charge in [-0.1, -0.05) is 99.6 Å². The zero-order chi connectivity index (χ0) is 26.0. The van der Waals surface area contributed by atoms with E-state index in [2.05, 4.69) is 20.8 Å². The maximum absolute atomic E-state index is 15.0. The van der Waals surface area contributed by atoms with E-state index in [1.165, 1.54) is 12.1 Å². The second kappa shape index (κ2) is 10.4. The van der Waals surface area contributed by atoms with Crippen LogP contribution in [0.5, 0.6) is 0 Å². The summed E-state index contributed by atoms with van der Waals surface area (Å²) in [5, 5.41) is 0.428. The van der Waals surface area contributed by atoms with Gasteiger partial charge in [0, 0.05) is 10.8 Å². The summed E-state index contributed by atoms with van der Waals surface area (Å²) in [5.41, 5.74) is 0.164. The lowest BCUT2D eigenvalue weighted by atomic mass is 10.1. The van der Waals surface area contributed by atoms with Crippen LogP contribution in [0, 0.1) is 0 Å². The highest BCUT2D eigenvalue weighted by Gasteiger charge is 2.59. The molecule has 0 amide bonds. The molecule has 0 saturated carbocycles. The number of benzene rings is 3. The van der Waals surface area contributed by atoms with Crippen molar-refractivity contribution in [3.05, 3.63) is 96.6 Å². The molecule has 4 nitrogen and oxygen atoms in total. The van der Waals surface area contributed by atoms with E-state index in [9.17, 15) is 17.8 Å². The van der Waals surface area contributed by atoms with Crippen LogP contribution >= 0.6 is 0 Å². The Balaban J connectivity index is 1.70. The van der Waals surface area contributed by atoms with Gasteiger partial charge in [-0.2, -0.15) is 0 Å². The summed E-state index contributed by atoms with van der Waals surface area (Å²) in [5.74, 6) is -5.15. The predicted octanol–water partition coefficient (Wildman–Crippen LogP) is 4.55. The SMILES string of the molecule is CC(C)(C)[Si](OC[C@@H]1[C@@H](OC(=O)c2ccccc2)C(F)(F)CS1=O)(c1ccccc1)c1ccccc1. The Hall–Kier alpha value is -2.68. The Bertz CT molecular complexity index is 1160. The number of carbonyl (C=O) groups excluding carboxylic acids is 1. The van der Waals surface area contributed by atoms with Gasteiger partial charge in [-0.05, 0) is 27.5 Å². The molecule has 3 aromatic carbocycles. The first kappa shape index (κ1) is 26.4. The van der Waals surface area contributed by atoms with E-state index >= 15 is 0 Å². The fourth-order valence-electron chi connectivity index (χ4n) is 4.84. The second-order valence-corrected chi connectivity index (χ2v) is 16.0. The Labute approximate surface area is 214 Å². The van der Waals surface area contributed by atoms with Gasteiger partial charge in [-0.3, -0.25) is 4.21 Å². The summed E-state index contributed by atoms with van der Waals surface area (Å²) < 4.78 is 54.9. The molecule has 1 heterocycles. The molecular weight excluding hydrogens is 498 g/mol. The van der Waals surface area contributed by atoms with Gasteiger partial charge in [-0.15, -0.1) is 0 Å². The lowest BCUT2D eigenvalue weighted by molar-refractivity contribution is -0.0936. The third kappa shape index (κ3) is 5.07. The molecule has 3 atom stereocenters. The van der Waals surface area contributed by atoms with Crippen molar-refractivity contribution in [2.45, 2.75) is 43.1 Å². The van der Waals surface area contributed by atoms with E-state index in [1.54, 1.807) is 18.2 Å². The molecule has 3 aromatic rings. The van der Waals surface area contributed by atoms with Crippen LogP contribution in [0.2, 0.25) is 5.04 Å². The van der Waals surface area contributed by atoms with Gasteiger partial charge in [0.05, 0.1) is 17.9 Å². The molecule has 190 valence electrons. The summed E-state index contributed by atoms with van der Waals surface area (Å²) in [7, 11) is -4.98. The molecule has 1 aliphatic rings. The zero-order valence-corrected chi connectivity index (χ0v) is 22.3. The molecule has 0 N–H and O–H groups in total. The van der Waals surface area contributed by atoms with Crippen LogP contribution in [0.3, 0.4) is 0 Å². The van der Waals surface area contributed by atoms with Gasteiger partial charge in [0.15, 0.2) is 6.10 Å². The van der Waals surface area contributed by atoms with E-state index < -0.39 is 48.1 Å². The smallest absolute Gasteiger partial charge is 0.338 e. The van der Waals surface area contributed by atoms with Crippen molar-refractivity contribution < 1.29 is 26.9 Å². The lowest BCUT2D eigenvalue weighted by Crippen LogP contribution is -2.67. The summed E-state index contributed by atoms with van der Waals surface area (Å²) in [4.78, 5) is 12.7. The molecule has 4 rings (SSSR count). The highest BCUT2D eigenvalue weighted by atomic mass is 32.2.